The molecular formula is C21H26N2O4. The molecule has 27 heavy (non-hydrogen) atoms. The number of anilines is 1. The molecule has 1 fully saturated rings. The number of nitrogens with zero attached hydrogens (tertiary/aromatic N) is 1. The highest BCUT2D eigenvalue weighted by molar-refractivity contribution is 5.93. The van der Waals surface area contributed by atoms with E-state index in [1.54, 1.807) is 26.4 Å². The molecule has 2 aromatic rings. The van der Waals surface area contributed by atoms with Gasteiger partial charge in [-0.1, -0.05) is 24.3 Å². The number of carbonyl (C=O) groups is 1. The molecule has 0 spiro atoms. The lowest BCUT2D eigenvalue weighted by Gasteiger charge is -2.35. The highest BCUT2D eigenvalue weighted by Crippen LogP contribution is 2.30. The Morgan fingerprint density at radius 3 is 2.74 bits per heavy atom. The van der Waals surface area contributed by atoms with E-state index in [0.29, 0.717) is 18.0 Å². The number of carbonyl (C=O) groups excluding carboxylic acids is 1. The predicted molar refractivity (Wildman–Crippen MR) is 104 cm³/mol. The van der Waals surface area contributed by atoms with Gasteiger partial charge in [0.15, 0.2) is 0 Å². The first kappa shape index (κ1) is 19.2. The Morgan fingerprint density at radius 1 is 1.19 bits per heavy atom. The number of benzene rings is 2. The summed E-state index contributed by atoms with van der Waals surface area (Å²) in [6.45, 7) is 1.44. The number of β-amino-alcohol motifs (C(OH)–C–C–N with tert-alkyl or cyclic N) is 1. The van der Waals surface area contributed by atoms with Crippen LogP contribution in [0.15, 0.2) is 48.5 Å². The summed E-state index contributed by atoms with van der Waals surface area (Å²) in [5, 5.41) is 13.5. The van der Waals surface area contributed by atoms with Gasteiger partial charge in [-0.15, -0.1) is 0 Å². The molecule has 1 saturated heterocycles. The van der Waals surface area contributed by atoms with Gasteiger partial charge in [0.05, 0.1) is 32.6 Å². The van der Waals surface area contributed by atoms with E-state index in [-0.39, 0.29) is 18.4 Å². The van der Waals surface area contributed by atoms with Crippen LogP contribution in [0.5, 0.6) is 11.5 Å². The molecule has 2 N–H and O–H groups in total. The molecule has 0 bridgehead atoms. The Bertz CT molecular complexity index is 780. The molecule has 1 amide bonds. The number of para-hydroxylation sites is 2. The zero-order valence-corrected chi connectivity index (χ0v) is 15.7. The van der Waals surface area contributed by atoms with E-state index in [2.05, 4.69) is 5.32 Å². The molecular weight excluding hydrogens is 344 g/mol. The fourth-order valence-corrected chi connectivity index (χ4v) is 3.54. The third-order valence-corrected chi connectivity index (χ3v) is 4.94. The van der Waals surface area contributed by atoms with E-state index < -0.39 is 6.10 Å². The average Bonchev–Trinajstić information content (AvgIpc) is 2.68. The third-order valence-electron chi connectivity index (χ3n) is 4.94. The Hall–Kier alpha value is -2.57. The van der Waals surface area contributed by atoms with E-state index in [9.17, 15) is 9.90 Å². The second-order valence-electron chi connectivity index (χ2n) is 6.72. The smallest absolute Gasteiger partial charge is 0.238 e. The molecule has 144 valence electrons. The average molecular weight is 370 g/mol. The Morgan fingerprint density at radius 2 is 2.00 bits per heavy atom. The van der Waals surface area contributed by atoms with Crippen molar-refractivity contribution in [3.63, 3.8) is 0 Å². The SMILES string of the molecule is COc1cccc([C@@H]2CCN(CC(=O)Nc3ccccc3OC)C[C@H]2O)c1. The maximum Gasteiger partial charge on any atom is 0.238 e. The molecule has 6 nitrogen and oxygen atoms in total. The first-order chi connectivity index (χ1) is 13.1. The number of rotatable bonds is 6. The molecule has 1 heterocycles. The molecule has 1 aliphatic rings. The summed E-state index contributed by atoms with van der Waals surface area (Å²) in [7, 11) is 3.21. The molecule has 3 rings (SSSR count). The predicted octanol–water partition coefficient (Wildman–Crippen LogP) is 2.49. The molecule has 0 saturated carbocycles. The minimum atomic E-state index is -0.523. The third kappa shape index (κ3) is 4.78. The van der Waals surface area contributed by atoms with Gasteiger partial charge in [0.25, 0.3) is 0 Å². The number of aliphatic hydroxyl groups is 1. The molecule has 0 aliphatic carbocycles. The van der Waals surface area contributed by atoms with Crippen LogP contribution in [0.3, 0.4) is 0 Å². The van der Waals surface area contributed by atoms with E-state index in [4.69, 9.17) is 9.47 Å². The topological polar surface area (TPSA) is 71.0 Å². The maximum atomic E-state index is 12.4. The van der Waals surface area contributed by atoms with E-state index in [1.165, 1.54) is 0 Å². The number of piperidine rings is 1. The number of likely N-dealkylation sites (tertiary alicyclic amines) is 1. The zero-order chi connectivity index (χ0) is 19.2. The Labute approximate surface area is 159 Å². The number of ether oxygens (including phenoxy) is 2. The second kappa shape index (κ2) is 8.88. The molecule has 2 atom stereocenters. The summed E-state index contributed by atoms with van der Waals surface area (Å²) in [4.78, 5) is 14.4. The van der Waals surface area contributed by atoms with Gasteiger partial charge in [-0.2, -0.15) is 0 Å². The summed E-state index contributed by atoms with van der Waals surface area (Å²) in [5.74, 6) is 1.35. The number of aliphatic hydroxyl groups excluding tert-OH is 1. The van der Waals surface area contributed by atoms with Crippen molar-refractivity contribution in [3.05, 3.63) is 54.1 Å². The molecule has 0 unspecified atom stereocenters. The first-order valence-corrected chi connectivity index (χ1v) is 9.08. The molecule has 0 radical (unpaired) electrons. The van der Waals surface area contributed by atoms with Gasteiger partial charge < -0.3 is 19.9 Å². The second-order valence-corrected chi connectivity index (χ2v) is 6.72. The highest BCUT2D eigenvalue weighted by atomic mass is 16.5. The van der Waals surface area contributed by atoms with Crippen LogP contribution in [0.1, 0.15) is 17.9 Å². The van der Waals surface area contributed by atoms with Gasteiger partial charge in [-0.3, -0.25) is 9.69 Å². The number of nitrogens with one attached hydrogen (secondary N) is 1. The van der Waals surface area contributed by atoms with Crippen LogP contribution in [0.2, 0.25) is 0 Å². The van der Waals surface area contributed by atoms with E-state index in [0.717, 1.165) is 24.3 Å². The van der Waals surface area contributed by atoms with Crippen molar-refractivity contribution < 1.29 is 19.4 Å². The Kier molecular flexibility index (Phi) is 6.32. The molecule has 6 heteroatoms. The van der Waals surface area contributed by atoms with E-state index in [1.807, 2.05) is 41.3 Å². The van der Waals surface area contributed by atoms with Gasteiger partial charge in [0.1, 0.15) is 11.5 Å². The summed E-state index contributed by atoms with van der Waals surface area (Å²) in [6.07, 6.45) is 0.265. The van der Waals surface area contributed by atoms with Crippen molar-refractivity contribution in [1.29, 1.82) is 0 Å². The number of hydrogen-bond acceptors (Lipinski definition) is 5. The monoisotopic (exact) mass is 370 g/mol. The van der Waals surface area contributed by atoms with Crippen LogP contribution in [-0.2, 0) is 4.79 Å². The van der Waals surface area contributed by atoms with E-state index >= 15 is 0 Å². The molecule has 2 aromatic carbocycles. The van der Waals surface area contributed by atoms with Crippen LogP contribution in [0.25, 0.3) is 0 Å². The van der Waals surface area contributed by atoms with Crippen LogP contribution in [-0.4, -0.2) is 55.9 Å². The summed E-state index contributed by atoms with van der Waals surface area (Å²) in [6, 6.07) is 15.1. The minimum absolute atomic E-state index is 0.0497. The van der Waals surface area contributed by atoms with Crippen LogP contribution < -0.4 is 14.8 Å². The van der Waals surface area contributed by atoms with Gasteiger partial charge in [0.2, 0.25) is 5.91 Å². The first-order valence-electron chi connectivity index (χ1n) is 9.08. The summed E-state index contributed by atoms with van der Waals surface area (Å²) >= 11 is 0. The van der Waals surface area contributed by atoms with Crippen molar-refractivity contribution in [1.82, 2.24) is 4.90 Å². The van der Waals surface area contributed by atoms with Crippen molar-refractivity contribution in [2.45, 2.75) is 18.4 Å². The molecule has 0 aromatic heterocycles. The minimum Gasteiger partial charge on any atom is -0.497 e. The van der Waals surface area contributed by atoms with Crippen molar-refractivity contribution in [2.24, 2.45) is 0 Å². The van der Waals surface area contributed by atoms with Crippen molar-refractivity contribution in [3.8, 4) is 11.5 Å². The van der Waals surface area contributed by atoms with Gasteiger partial charge in [-0.05, 0) is 42.8 Å². The van der Waals surface area contributed by atoms with Crippen LogP contribution in [0.4, 0.5) is 5.69 Å². The number of methoxy groups -OCH3 is 2. The largest absolute Gasteiger partial charge is 0.497 e. The highest BCUT2D eigenvalue weighted by Gasteiger charge is 2.30. The lowest BCUT2D eigenvalue weighted by Crippen LogP contribution is -2.45. The van der Waals surface area contributed by atoms with Crippen molar-refractivity contribution in [2.75, 3.05) is 39.2 Å². The van der Waals surface area contributed by atoms with Gasteiger partial charge in [0, 0.05) is 12.5 Å². The zero-order valence-electron chi connectivity index (χ0n) is 15.7. The van der Waals surface area contributed by atoms with Gasteiger partial charge in [-0.25, -0.2) is 0 Å². The van der Waals surface area contributed by atoms with Gasteiger partial charge >= 0.3 is 0 Å². The summed E-state index contributed by atoms with van der Waals surface area (Å²) < 4.78 is 10.5. The van der Waals surface area contributed by atoms with Crippen LogP contribution in [0, 0.1) is 0 Å². The summed E-state index contributed by atoms with van der Waals surface area (Å²) in [5.41, 5.74) is 1.72. The fraction of sp³-hybridized carbons (Fsp3) is 0.381. The van der Waals surface area contributed by atoms with Crippen LogP contribution >= 0.6 is 0 Å². The van der Waals surface area contributed by atoms with Crippen molar-refractivity contribution >= 4 is 11.6 Å². The maximum absolute atomic E-state index is 12.4. The fourth-order valence-electron chi connectivity index (χ4n) is 3.54. The standard InChI is InChI=1S/C21H26N2O4/c1-26-16-7-5-6-15(12-16)17-10-11-23(13-19(17)24)14-21(25)22-18-8-3-4-9-20(18)27-2/h3-9,12,17,19,24H,10-11,13-14H2,1-2H3,(H,22,25)/t17-,19+/m0/s1. The number of hydrogen-bond donors (Lipinski definition) is 2. The lowest BCUT2D eigenvalue weighted by atomic mass is 9.87. The Balaban J connectivity index is 1.57. The normalized spacial score (nSPS) is 20.1. The molecule has 1 aliphatic heterocycles. The number of amides is 1. The lowest BCUT2D eigenvalue weighted by molar-refractivity contribution is -0.118. The quantitative estimate of drug-likeness (QED) is 0.818.